The second-order valence-electron chi connectivity index (χ2n) is 2.98. The summed E-state index contributed by atoms with van der Waals surface area (Å²) in [6.45, 7) is 1.87. The van der Waals surface area contributed by atoms with Crippen LogP contribution in [-0.2, 0) is 0 Å². The first-order valence-electron chi connectivity index (χ1n) is 4.30. The lowest BCUT2D eigenvalue weighted by atomic mass is 10.2. The standard InChI is InChI=1S/C10H8N4S/c1-6-8(12)7(5-11)15-9(6)10-13-3-2-4-14-10/h2-4H,12H2,1H3. The van der Waals surface area contributed by atoms with Gasteiger partial charge in [0, 0.05) is 12.4 Å². The third-order valence-electron chi connectivity index (χ3n) is 2.06. The third kappa shape index (κ3) is 1.55. The number of rotatable bonds is 1. The van der Waals surface area contributed by atoms with Crippen LogP contribution in [0.1, 0.15) is 10.4 Å². The van der Waals surface area contributed by atoms with Crippen molar-refractivity contribution in [2.45, 2.75) is 6.92 Å². The highest BCUT2D eigenvalue weighted by Gasteiger charge is 2.14. The van der Waals surface area contributed by atoms with Crippen LogP contribution in [0.25, 0.3) is 10.7 Å². The largest absolute Gasteiger partial charge is 0.397 e. The summed E-state index contributed by atoms with van der Waals surface area (Å²) in [4.78, 5) is 9.65. The first-order valence-corrected chi connectivity index (χ1v) is 5.12. The van der Waals surface area contributed by atoms with Crippen LogP contribution in [0.5, 0.6) is 0 Å². The van der Waals surface area contributed by atoms with E-state index in [-0.39, 0.29) is 0 Å². The van der Waals surface area contributed by atoms with E-state index in [4.69, 9.17) is 11.0 Å². The molecule has 2 N–H and O–H groups in total. The SMILES string of the molecule is Cc1c(-c2ncccn2)sc(C#N)c1N. The Bertz CT molecular complexity index is 524. The molecule has 0 fully saturated rings. The molecule has 0 spiro atoms. The molecule has 0 saturated carbocycles. The second-order valence-corrected chi connectivity index (χ2v) is 4.00. The number of nitrogens with zero attached hydrogens (tertiary/aromatic N) is 3. The first-order chi connectivity index (χ1) is 7.24. The summed E-state index contributed by atoms with van der Waals surface area (Å²) in [6, 6.07) is 3.82. The van der Waals surface area contributed by atoms with Gasteiger partial charge in [0.1, 0.15) is 10.9 Å². The number of hydrogen-bond donors (Lipinski definition) is 1. The van der Waals surface area contributed by atoms with Crippen molar-refractivity contribution < 1.29 is 0 Å². The topological polar surface area (TPSA) is 75.6 Å². The summed E-state index contributed by atoms with van der Waals surface area (Å²) < 4.78 is 0. The number of nitriles is 1. The van der Waals surface area contributed by atoms with Crippen LogP contribution in [-0.4, -0.2) is 9.97 Å². The van der Waals surface area contributed by atoms with Gasteiger partial charge in [0.15, 0.2) is 5.82 Å². The molecule has 0 unspecified atom stereocenters. The van der Waals surface area contributed by atoms with Crippen LogP contribution in [0.2, 0.25) is 0 Å². The van der Waals surface area contributed by atoms with Crippen molar-refractivity contribution in [2.24, 2.45) is 0 Å². The van der Waals surface area contributed by atoms with Crippen molar-refractivity contribution in [1.82, 2.24) is 9.97 Å². The quantitative estimate of drug-likeness (QED) is 0.790. The summed E-state index contributed by atoms with van der Waals surface area (Å²) >= 11 is 1.33. The van der Waals surface area contributed by atoms with Crippen molar-refractivity contribution in [1.29, 1.82) is 5.26 Å². The molecule has 2 aromatic heterocycles. The molecule has 74 valence electrons. The maximum absolute atomic E-state index is 8.84. The van der Waals surface area contributed by atoms with Crippen molar-refractivity contribution >= 4 is 17.0 Å². The minimum atomic E-state index is 0.523. The van der Waals surface area contributed by atoms with Crippen LogP contribution in [0.3, 0.4) is 0 Å². The Hall–Kier alpha value is -1.93. The molecular formula is C10H8N4S. The average molecular weight is 216 g/mol. The molecular weight excluding hydrogens is 208 g/mol. The highest BCUT2D eigenvalue weighted by molar-refractivity contribution is 7.16. The van der Waals surface area contributed by atoms with E-state index < -0.39 is 0 Å². The Labute approximate surface area is 91.0 Å². The number of hydrogen-bond acceptors (Lipinski definition) is 5. The zero-order valence-corrected chi connectivity index (χ0v) is 8.88. The van der Waals surface area contributed by atoms with Gasteiger partial charge in [0.05, 0.1) is 10.6 Å². The molecule has 0 aliphatic carbocycles. The van der Waals surface area contributed by atoms with Gasteiger partial charge in [-0.05, 0) is 18.6 Å². The number of aromatic nitrogens is 2. The average Bonchev–Trinajstić information content (AvgIpc) is 2.57. The van der Waals surface area contributed by atoms with E-state index in [1.165, 1.54) is 11.3 Å². The third-order valence-corrected chi connectivity index (χ3v) is 3.27. The lowest BCUT2D eigenvalue weighted by Gasteiger charge is -1.96. The zero-order chi connectivity index (χ0) is 10.8. The van der Waals surface area contributed by atoms with Crippen molar-refractivity contribution in [3.8, 4) is 16.8 Å². The molecule has 0 aromatic carbocycles. The molecule has 0 bridgehead atoms. The highest BCUT2D eigenvalue weighted by Crippen LogP contribution is 2.35. The predicted octanol–water partition coefficient (Wildman–Crippen LogP) is 1.97. The van der Waals surface area contributed by atoms with Gasteiger partial charge in [-0.1, -0.05) is 0 Å². The molecule has 5 heteroatoms. The fourth-order valence-electron chi connectivity index (χ4n) is 1.24. The molecule has 0 atom stereocenters. The summed E-state index contributed by atoms with van der Waals surface area (Å²) in [5.41, 5.74) is 7.19. The van der Waals surface area contributed by atoms with Gasteiger partial charge >= 0.3 is 0 Å². The molecule has 2 heterocycles. The molecule has 4 nitrogen and oxygen atoms in total. The lowest BCUT2D eigenvalue weighted by molar-refractivity contribution is 1.18. The van der Waals surface area contributed by atoms with Crippen molar-refractivity contribution in [2.75, 3.05) is 5.73 Å². The van der Waals surface area contributed by atoms with Crippen molar-refractivity contribution in [3.63, 3.8) is 0 Å². The minimum Gasteiger partial charge on any atom is -0.397 e. The number of thiophene rings is 1. The van der Waals surface area contributed by atoms with Crippen LogP contribution in [0.4, 0.5) is 5.69 Å². The number of anilines is 1. The second kappa shape index (κ2) is 3.67. The monoisotopic (exact) mass is 216 g/mol. The maximum Gasteiger partial charge on any atom is 0.169 e. The Morgan fingerprint density at radius 3 is 2.60 bits per heavy atom. The normalized spacial score (nSPS) is 9.87. The Balaban J connectivity index is 2.61. The Kier molecular flexibility index (Phi) is 2.35. The van der Waals surface area contributed by atoms with Gasteiger partial charge in [-0.3, -0.25) is 0 Å². The van der Waals surface area contributed by atoms with E-state index in [0.29, 0.717) is 16.4 Å². The lowest BCUT2D eigenvalue weighted by Crippen LogP contribution is -1.89. The fourth-order valence-corrected chi connectivity index (χ4v) is 2.21. The summed E-state index contributed by atoms with van der Waals surface area (Å²) in [5, 5.41) is 8.84. The molecule has 0 radical (unpaired) electrons. The van der Waals surface area contributed by atoms with Gasteiger partial charge in [-0.15, -0.1) is 11.3 Å². The van der Waals surface area contributed by atoms with Crippen LogP contribution >= 0.6 is 11.3 Å². The molecule has 15 heavy (non-hydrogen) atoms. The molecule has 0 aliphatic rings. The highest BCUT2D eigenvalue weighted by atomic mass is 32.1. The van der Waals surface area contributed by atoms with E-state index in [1.54, 1.807) is 18.5 Å². The first kappa shape index (κ1) is 9.62. The molecule has 2 aromatic rings. The predicted molar refractivity (Wildman–Crippen MR) is 59.2 cm³/mol. The van der Waals surface area contributed by atoms with E-state index in [1.807, 2.05) is 6.92 Å². The van der Waals surface area contributed by atoms with E-state index in [2.05, 4.69) is 16.0 Å². The van der Waals surface area contributed by atoms with Gasteiger partial charge in [0.25, 0.3) is 0 Å². The maximum atomic E-state index is 8.84. The Morgan fingerprint density at radius 2 is 2.07 bits per heavy atom. The van der Waals surface area contributed by atoms with E-state index in [0.717, 1.165) is 10.4 Å². The van der Waals surface area contributed by atoms with Crippen LogP contribution in [0, 0.1) is 18.3 Å². The van der Waals surface area contributed by atoms with Gasteiger partial charge < -0.3 is 5.73 Å². The minimum absolute atomic E-state index is 0.523. The molecule has 0 saturated heterocycles. The van der Waals surface area contributed by atoms with E-state index >= 15 is 0 Å². The van der Waals surface area contributed by atoms with E-state index in [9.17, 15) is 0 Å². The Morgan fingerprint density at radius 1 is 1.40 bits per heavy atom. The summed E-state index contributed by atoms with van der Waals surface area (Å²) in [6.07, 6.45) is 3.34. The molecule has 0 aliphatic heterocycles. The van der Waals surface area contributed by atoms with Gasteiger partial charge in [0.2, 0.25) is 0 Å². The zero-order valence-electron chi connectivity index (χ0n) is 8.06. The summed E-state index contributed by atoms with van der Waals surface area (Å²) in [7, 11) is 0. The summed E-state index contributed by atoms with van der Waals surface area (Å²) in [5.74, 6) is 0.619. The molecule has 2 rings (SSSR count). The number of nitrogens with two attached hydrogens (primary N) is 1. The van der Waals surface area contributed by atoms with Crippen LogP contribution < -0.4 is 5.73 Å². The van der Waals surface area contributed by atoms with Gasteiger partial charge in [-0.2, -0.15) is 5.26 Å². The fraction of sp³-hybridized carbons (Fsp3) is 0.100. The van der Waals surface area contributed by atoms with Crippen molar-refractivity contribution in [3.05, 3.63) is 28.9 Å². The van der Waals surface area contributed by atoms with Crippen LogP contribution in [0.15, 0.2) is 18.5 Å². The molecule has 0 amide bonds. The number of nitrogen functional groups attached to an aromatic ring is 1. The smallest absolute Gasteiger partial charge is 0.169 e. The van der Waals surface area contributed by atoms with Gasteiger partial charge in [-0.25, -0.2) is 9.97 Å².